The third-order valence-corrected chi connectivity index (χ3v) is 7.08. The van der Waals surface area contributed by atoms with Crippen molar-refractivity contribution in [3.8, 4) is 17.2 Å². The number of carboxylic acid groups (broad SMARTS) is 1. The molecule has 2 heterocycles. The molecule has 6 unspecified atom stereocenters. The van der Waals surface area contributed by atoms with E-state index in [-0.39, 0.29) is 43.1 Å². The summed E-state index contributed by atoms with van der Waals surface area (Å²) in [6, 6.07) is 8.35. The first kappa shape index (κ1) is 29.3. The fraction of sp³-hybridized carbons (Fsp3) is 0.407. The third-order valence-electron chi connectivity index (χ3n) is 7.08. The van der Waals surface area contributed by atoms with Gasteiger partial charge < -0.3 is 50.3 Å². The highest BCUT2D eigenvalue weighted by atomic mass is 16.7. The number of hydrogen-bond donors (Lipinski definition) is 8. The van der Waals surface area contributed by atoms with Crippen LogP contribution in [0.25, 0.3) is 6.08 Å². The van der Waals surface area contributed by atoms with E-state index < -0.39 is 60.5 Å². The van der Waals surface area contributed by atoms with E-state index in [2.05, 4.69) is 0 Å². The molecule has 0 spiro atoms. The second-order valence-electron chi connectivity index (χ2n) is 9.70. The molecule has 8 N–H and O–H groups in total. The van der Waals surface area contributed by atoms with Crippen LogP contribution in [0.15, 0.2) is 42.5 Å². The Labute approximate surface area is 228 Å². The number of phenols is 2. The number of ether oxygens (including phenoxy) is 2. The van der Waals surface area contributed by atoms with Gasteiger partial charge in [-0.25, -0.2) is 4.79 Å². The number of phenolic OH excluding ortho intramolecular Hbond substituents is 2. The molecule has 0 bridgehead atoms. The Bertz CT molecular complexity index is 1260. The van der Waals surface area contributed by atoms with Crippen molar-refractivity contribution in [1.29, 1.82) is 0 Å². The maximum atomic E-state index is 13.5. The van der Waals surface area contributed by atoms with E-state index in [4.69, 9.17) is 9.47 Å². The Kier molecular flexibility index (Phi) is 8.63. The van der Waals surface area contributed by atoms with Crippen molar-refractivity contribution >= 4 is 23.6 Å². The molecule has 0 saturated carbocycles. The first-order chi connectivity index (χ1) is 19.0. The number of nitrogens with zero attached hydrogens (tertiary/aromatic N) is 1. The van der Waals surface area contributed by atoms with Crippen LogP contribution in [-0.2, 0) is 20.7 Å². The van der Waals surface area contributed by atoms with Gasteiger partial charge in [-0.2, -0.15) is 0 Å². The lowest BCUT2D eigenvalue weighted by Crippen LogP contribution is -2.60. The second-order valence-corrected chi connectivity index (χ2v) is 9.70. The molecule has 2 aliphatic heterocycles. The highest BCUT2D eigenvalue weighted by Gasteiger charge is 2.52. The van der Waals surface area contributed by atoms with Gasteiger partial charge in [0.15, 0.2) is 11.5 Å². The van der Waals surface area contributed by atoms with Crippen LogP contribution in [0.2, 0.25) is 0 Å². The number of carbonyl (C=O) groups excluding carboxylic acids is 1. The van der Waals surface area contributed by atoms with Crippen molar-refractivity contribution in [1.82, 2.24) is 0 Å². The molecule has 2 aromatic rings. The number of benzene rings is 2. The lowest BCUT2D eigenvalue weighted by molar-refractivity contribution is -0.277. The number of amides is 1. The molecule has 1 amide bonds. The fourth-order valence-electron chi connectivity index (χ4n) is 4.97. The summed E-state index contributed by atoms with van der Waals surface area (Å²) in [5.74, 6) is -2.84. The van der Waals surface area contributed by atoms with E-state index in [1.165, 1.54) is 30.3 Å². The molecule has 40 heavy (non-hydrogen) atoms. The molecule has 216 valence electrons. The minimum atomic E-state index is -1.81. The smallest absolute Gasteiger partial charge is 0.330 e. The van der Waals surface area contributed by atoms with Crippen LogP contribution >= 0.6 is 0 Å². The molecule has 1 saturated heterocycles. The van der Waals surface area contributed by atoms with Crippen LogP contribution in [0, 0.1) is 0 Å². The van der Waals surface area contributed by atoms with E-state index in [0.29, 0.717) is 11.1 Å². The SMILES string of the molecule is O=C(C=Cc1ccc(O)cc1)N1c2cc(OC3OC(CO)C(O)C(O)C3O)c(O)cc2CC1(CCCO)C(=O)O. The van der Waals surface area contributed by atoms with Crippen LogP contribution in [0.4, 0.5) is 5.69 Å². The van der Waals surface area contributed by atoms with Crippen LogP contribution in [0.1, 0.15) is 24.0 Å². The summed E-state index contributed by atoms with van der Waals surface area (Å²) in [5.41, 5.74) is -0.877. The first-order valence-electron chi connectivity index (χ1n) is 12.5. The van der Waals surface area contributed by atoms with Gasteiger partial charge in [0, 0.05) is 25.2 Å². The van der Waals surface area contributed by atoms with Crippen molar-refractivity contribution < 1.29 is 59.9 Å². The number of aliphatic hydroxyl groups excluding tert-OH is 5. The molecular formula is C27H31NO12. The van der Waals surface area contributed by atoms with Gasteiger partial charge in [0.05, 0.1) is 12.3 Å². The molecular weight excluding hydrogens is 530 g/mol. The quantitative estimate of drug-likeness (QED) is 0.181. The molecule has 4 rings (SSSR count). The molecule has 2 aliphatic rings. The van der Waals surface area contributed by atoms with Crippen molar-refractivity contribution in [2.24, 2.45) is 0 Å². The van der Waals surface area contributed by atoms with E-state index in [9.17, 15) is 50.4 Å². The van der Waals surface area contributed by atoms with E-state index >= 15 is 0 Å². The number of aromatic hydroxyl groups is 2. The maximum absolute atomic E-state index is 13.5. The molecule has 13 heteroatoms. The number of aliphatic hydroxyl groups is 5. The van der Waals surface area contributed by atoms with Crippen molar-refractivity contribution in [3.63, 3.8) is 0 Å². The normalized spacial score (nSPS) is 28.0. The van der Waals surface area contributed by atoms with Crippen LogP contribution < -0.4 is 9.64 Å². The number of carboxylic acids is 1. The summed E-state index contributed by atoms with van der Waals surface area (Å²) >= 11 is 0. The van der Waals surface area contributed by atoms with Gasteiger partial charge in [0.2, 0.25) is 6.29 Å². The van der Waals surface area contributed by atoms with Gasteiger partial charge in [-0.3, -0.25) is 9.69 Å². The number of carbonyl (C=O) groups is 2. The molecule has 2 aromatic carbocycles. The summed E-state index contributed by atoms with van der Waals surface area (Å²) < 4.78 is 10.9. The van der Waals surface area contributed by atoms with E-state index in [0.717, 1.165) is 11.0 Å². The number of hydrogen-bond acceptors (Lipinski definition) is 11. The highest BCUT2D eigenvalue weighted by molar-refractivity contribution is 6.11. The molecule has 0 radical (unpaired) electrons. The Morgan fingerprint density at radius 2 is 1.75 bits per heavy atom. The Morgan fingerprint density at radius 1 is 1.05 bits per heavy atom. The number of rotatable bonds is 9. The number of anilines is 1. The fourth-order valence-corrected chi connectivity index (χ4v) is 4.97. The maximum Gasteiger partial charge on any atom is 0.330 e. The number of aliphatic carboxylic acids is 1. The van der Waals surface area contributed by atoms with Gasteiger partial charge in [-0.1, -0.05) is 12.1 Å². The predicted molar refractivity (Wildman–Crippen MR) is 138 cm³/mol. The minimum Gasteiger partial charge on any atom is -0.508 e. The van der Waals surface area contributed by atoms with E-state index in [1.807, 2.05) is 0 Å². The Balaban J connectivity index is 1.72. The monoisotopic (exact) mass is 561 g/mol. The third kappa shape index (κ3) is 5.47. The largest absolute Gasteiger partial charge is 0.508 e. The molecule has 0 aliphatic carbocycles. The lowest BCUT2D eigenvalue weighted by atomic mass is 9.88. The summed E-state index contributed by atoms with van der Waals surface area (Å²) in [7, 11) is 0. The van der Waals surface area contributed by atoms with Gasteiger partial charge in [0.1, 0.15) is 35.7 Å². The second kappa shape index (κ2) is 11.8. The average molecular weight is 562 g/mol. The van der Waals surface area contributed by atoms with Crippen molar-refractivity contribution in [2.45, 2.75) is 55.5 Å². The zero-order valence-electron chi connectivity index (χ0n) is 21.2. The van der Waals surface area contributed by atoms with Gasteiger partial charge >= 0.3 is 5.97 Å². The molecule has 13 nitrogen and oxygen atoms in total. The van der Waals surface area contributed by atoms with Crippen molar-refractivity contribution in [2.75, 3.05) is 18.1 Å². The minimum absolute atomic E-state index is 0.0255. The summed E-state index contributed by atoms with van der Waals surface area (Å²) in [6.07, 6.45) is -5.73. The van der Waals surface area contributed by atoms with Crippen LogP contribution in [-0.4, -0.2) is 102 Å². The van der Waals surface area contributed by atoms with Gasteiger partial charge in [0.25, 0.3) is 5.91 Å². The van der Waals surface area contributed by atoms with Crippen LogP contribution in [0.3, 0.4) is 0 Å². The molecule has 0 aromatic heterocycles. The molecule has 1 fully saturated rings. The summed E-state index contributed by atoms with van der Waals surface area (Å²) in [4.78, 5) is 27.2. The zero-order valence-corrected chi connectivity index (χ0v) is 21.2. The van der Waals surface area contributed by atoms with Crippen molar-refractivity contribution in [3.05, 3.63) is 53.6 Å². The summed E-state index contributed by atoms with van der Waals surface area (Å²) in [5, 5.41) is 79.7. The topological polar surface area (TPSA) is 218 Å². The summed E-state index contributed by atoms with van der Waals surface area (Å²) in [6.45, 7) is -1.03. The average Bonchev–Trinajstić information content (AvgIpc) is 3.25. The Morgan fingerprint density at radius 3 is 2.38 bits per heavy atom. The molecule has 6 atom stereocenters. The van der Waals surface area contributed by atoms with Crippen LogP contribution in [0.5, 0.6) is 17.2 Å². The highest BCUT2D eigenvalue weighted by Crippen LogP contribution is 2.47. The van der Waals surface area contributed by atoms with Gasteiger partial charge in [-0.15, -0.1) is 0 Å². The van der Waals surface area contributed by atoms with E-state index in [1.54, 1.807) is 12.1 Å². The van der Waals surface area contributed by atoms with Gasteiger partial charge in [-0.05, 0) is 48.2 Å². The zero-order chi connectivity index (χ0) is 29.2. The standard InChI is InChI=1S/C27H31NO12/c29-9-1-8-27(26(37)38)12-15-10-18(32)19(39-25-24(36)23(35)22(34)20(13-30)40-25)11-17(15)28(27)21(33)7-4-14-2-5-16(31)6-3-14/h2-7,10-11,20,22-25,29-32,34-36H,1,8-9,12-13H2,(H,37,38). The Hall–Kier alpha value is -3.72. The predicted octanol–water partition coefficient (Wildman–Crippen LogP) is -0.525. The lowest BCUT2D eigenvalue weighted by Gasteiger charge is -2.39. The first-order valence-corrected chi connectivity index (χ1v) is 12.5. The number of fused-ring (bicyclic) bond motifs is 1.